The zero-order valence-electron chi connectivity index (χ0n) is 13.1. The molecule has 4 heteroatoms. The van der Waals surface area contributed by atoms with E-state index in [9.17, 15) is 9.90 Å². The Hall–Kier alpha value is -1.49. The molecule has 0 aliphatic carbocycles. The highest BCUT2D eigenvalue weighted by Gasteiger charge is 2.43. The van der Waals surface area contributed by atoms with Gasteiger partial charge in [0.2, 0.25) is 0 Å². The third-order valence-electron chi connectivity index (χ3n) is 3.96. The summed E-state index contributed by atoms with van der Waals surface area (Å²) in [4.78, 5) is 11.7. The first-order chi connectivity index (χ1) is 10.7. The highest BCUT2D eigenvalue weighted by Crippen LogP contribution is 2.30. The lowest BCUT2D eigenvalue weighted by molar-refractivity contribution is -0.146. The van der Waals surface area contributed by atoms with E-state index in [1.807, 2.05) is 6.92 Å². The number of carbonyl (C=O) groups is 1. The van der Waals surface area contributed by atoms with E-state index < -0.39 is 12.2 Å². The van der Waals surface area contributed by atoms with E-state index in [0.29, 0.717) is 12.8 Å². The average Bonchev–Trinajstić information content (AvgIpc) is 3.28. The van der Waals surface area contributed by atoms with Crippen LogP contribution in [0.4, 0.5) is 0 Å². The second kappa shape index (κ2) is 8.83. The second-order valence-electron chi connectivity index (χ2n) is 5.82. The number of aliphatic hydroxyl groups is 1. The average molecular weight is 304 g/mol. The van der Waals surface area contributed by atoms with Crippen molar-refractivity contribution >= 4 is 5.97 Å². The Morgan fingerprint density at radius 2 is 1.86 bits per heavy atom. The Balaban J connectivity index is 1.95. The molecule has 0 radical (unpaired) electrons. The monoisotopic (exact) mass is 304 g/mol. The maximum atomic E-state index is 11.7. The van der Waals surface area contributed by atoms with Crippen molar-refractivity contribution in [2.45, 2.75) is 82.7 Å². The van der Waals surface area contributed by atoms with Crippen molar-refractivity contribution in [2.75, 3.05) is 0 Å². The minimum absolute atomic E-state index is 0.140. The van der Waals surface area contributed by atoms with E-state index in [-0.39, 0.29) is 18.2 Å². The summed E-state index contributed by atoms with van der Waals surface area (Å²) in [6, 6.07) is 0. The topological polar surface area (TPSA) is 59.1 Å². The van der Waals surface area contributed by atoms with Crippen molar-refractivity contribution in [1.29, 1.82) is 0 Å². The molecule has 0 aromatic carbocycles. The number of ether oxygens (including phenoxy) is 2. The van der Waals surface area contributed by atoms with Crippen molar-refractivity contribution in [3.05, 3.63) is 0 Å². The van der Waals surface area contributed by atoms with Crippen LogP contribution in [0.3, 0.4) is 0 Å². The van der Waals surface area contributed by atoms with Gasteiger partial charge in [-0.1, -0.05) is 38.5 Å². The van der Waals surface area contributed by atoms with Crippen molar-refractivity contribution in [1.82, 2.24) is 0 Å². The Morgan fingerprint density at radius 3 is 2.68 bits per heavy atom. The van der Waals surface area contributed by atoms with Gasteiger partial charge in [0.15, 0.2) is 6.10 Å². The summed E-state index contributed by atoms with van der Waals surface area (Å²) < 4.78 is 10.8. The fourth-order valence-corrected chi connectivity index (χ4v) is 2.55. The number of hydrogen-bond acceptors (Lipinski definition) is 4. The van der Waals surface area contributed by atoms with Gasteiger partial charge in [-0.2, -0.15) is 0 Å². The molecule has 22 heavy (non-hydrogen) atoms. The van der Waals surface area contributed by atoms with Gasteiger partial charge in [0.05, 0.1) is 6.10 Å². The summed E-state index contributed by atoms with van der Waals surface area (Å²) in [7, 11) is 0. The molecule has 0 amide bonds. The first-order valence-corrected chi connectivity index (χ1v) is 8.24. The fourth-order valence-electron chi connectivity index (χ4n) is 2.55. The molecule has 1 fully saturated rings. The summed E-state index contributed by atoms with van der Waals surface area (Å²) in [5.41, 5.74) is 0. The number of esters is 1. The van der Waals surface area contributed by atoms with Crippen LogP contribution in [0.2, 0.25) is 0 Å². The smallest absolute Gasteiger partial charge is 0.307 e. The summed E-state index contributed by atoms with van der Waals surface area (Å²) in [6.07, 6.45) is 6.07. The highest BCUT2D eigenvalue weighted by molar-refractivity contribution is 5.69. The zero-order valence-corrected chi connectivity index (χ0v) is 13.1. The normalized spacial score (nSPS) is 33.1. The largest absolute Gasteiger partial charge is 0.449 e. The van der Waals surface area contributed by atoms with Gasteiger partial charge in [-0.25, -0.2) is 0 Å². The van der Waals surface area contributed by atoms with Gasteiger partial charge in [0.25, 0.3) is 0 Å². The molecule has 2 rings (SSSR count). The lowest BCUT2D eigenvalue weighted by atomic mass is 10.1. The number of epoxide rings is 1. The van der Waals surface area contributed by atoms with Crippen molar-refractivity contribution < 1.29 is 19.4 Å². The first kappa shape index (κ1) is 16.9. The van der Waals surface area contributed by atoms with E-state index in [1.54, 1.807) is 0 Å². The van der Waals surface area contributed by atoms with Crippen LogP contribution in [0.25, 0.3) is 0 Å². The van der Waals surface area contributed by atoms with E-state index in [2.05, 4.69) is 23.7 Å². The first-order valence-electron chi connectivity index (χ1n) is 8.24. The van der Waals surface area contributed by atoms with Crippen LogP contribution >= 0.6 is 0 Å². The maximum absolute atomic E-state index is 11.7. The highest BCUT2D eigenvalue weighted by atomic mass is 16.6. The van der Waals surface area contributed by atoms with Crippen molar-refractivity contribution in [3.63, 3.8) is 0 Å². The Labute approximate surface area is 132 Å². The molecule has 120 valence electrons. The summed E-state index contributed by atoms with van der Waals surface area (Å²) in [6.45, 7) is 1.92. The van der Waals surface area contributed by atoms with Gasteiger partial charge in [0.1, 0.15) is 12.2 Å². The molecular formula is C18H24O4. The molecule has 4 nitrogen and oxygen atoms in total. The standard InChI is InChI=1S/C18H24O4/c1-2-14-10-8-9-11-15(19)18-16(22-18)12-6-4-3-5-7-13-17(20)21-14/h14-16,18-19H,2-7,12-13H2,1H3/t14?,15-,16-,18+/m0/s1. The van der Waals surface area contributed by atoms with Crippen molar-refractivity contribution in [2.24, 2.45) is 0 Å². The van der Waals surface area contributed by atoms with Gasteiger partial charge < -0.3 is 14.6 Å². The molecule has 1 N–H and O–H groups in total. The second-order valence-corrected chi connectivity index (χ2v) is 5.82. The summed E-state index contributed by atoms with van der Waals surface area (Å²) in [5, 5.41) is 9.89. The van der Waals surface area contributed by atoms with Gasteiger partial charge in [0, 0.05) is 6.42 Å². The number of aliphatic hydroxyl groups excluding tert-OH is 1. The van der Waals surface area contributed by atoms with Crippen LogP contribution in [-0.2, 0) is 14.3 Å². The zero-order chi connectivity index (χ0) is 15.8. The molecule has 0 aromatic heterocycles. The molecule has 4 atom stereocenters. The molecule has 1 unspecified atom stereocenters. The van der Waals surface area contributed by atoms with Gasteiger partial charge in [-0.15, -0.1) is 0 Å². The van der Waals surface area contributed by atoms with Gasteiger partial charge >= 0.3 is 5.97 Å². The molecule has 2 aliphatic rings. The molecular weight excluding hydrogens is 280 g/mol. The minimum atomic E-state index is -0.780. The molecule has 1 saturated heterocycles. The molecule has 0 bridgehead atoms. The third kappa shape index (κ3) is 5.72. The van der Waals surface area contributed by atoms with Crippen LogP contribution in [0.15, 0.2) is 0 Å². The van der Waals surface area contributed by atoms with Crippen LogP contribution in [0, 0.1) is 23.7 Å². The lowest BCUT2D eigenvalue weighted by Gasteiger charge is -2.09. The van der Waals surface area contributed by atoms with Crippen LogP contribution in [-0.4, -0.2) is 35.5 Å². The van der Waals surface area contributed by atoms with Gasteiger partial charge in [-0.05, 0) is 37.0 Å². The fraction of sp³-hybridized carbons (Fsp3) is 0.722. The van der Waals surface area contributed by atoms with Gasteiger partial charge in [-0.3, -0.25) is 4.79 Å². The molecule has 2 heterocycles. The Morgan fingerprint density at radius 1 is 1.14 bits per heavy atom. The SMILES string of the molecule is CCC1C#CC#C[C@H](O)[C@H]2O[C@H]2CCCCCCCC(=O)O1. The number of rotatable bonds is 1. The number of cyclic esters (lactones) is 1. The van der Waals surface area contributed by atoms with Crippen LogP contribution in [0.5, 0.6) is 0 Å². The number of hydrogen-bond donors (Lipinski definition) is 1. The Kier molecular flexibility index (Phi) is 6.77. The van der Waals surface area contributed by atoms with Crippen LogP contribution in [0.1, 0.15) is 58.3 Å². The molecule has 0 saturated carbocycles. The molecule has 0 spiro atoms. The maximum Gasteiger partial charge on any atom is 0.307 e. The minimum Gasteiger partial charge on any atom is -0.449 e. The van der Waals surface area contributed by atoms with E-state index in [4.69, 9.17) is 9.47 Å². The van der Waals surface area contributed by atoms with Crippen molar-refractivity contribution in [3.8, 4) is 23.7 Å². The molecule has 2 aliphatic heterocycles. The van der Waals surface area contributed by atoms with E-state index >= 15 is 0 Å². The van der Waals surface area contributed by atoms with E-state index in [0.717, 1.165) is 38.5 Å². The predicted octanol–water partition coefficient (Wildman–Crippen LogP) is 2.19. The quantitative estimate of drug-likeness (QED) is 0.458. The van der Waals surface area contributed by atoms with Crippen LogP contribution < -0.4 is 0 Å². The summed E-state index contributed by atoms with van der Waals surface area (Å²) in [5.74, 6) is 10.6. The summed E-state index contributed by atoms with van der Waals surface area (Å²) >= 11 is 0. The Bertz CT molecular complexity index is 491. The van der Waals surface area contributed by atoms with E-state index in [1.165, 1.54) is 0 Å². The third-order valence-corrected chi connectivity index (χ3v) is 3.96. The predicted molar refractivity (Wildman–Crippen MR) is 82.7 cm³/mol. The number of carbonyl (C=O) groups excluding carboxylic acids is 1. The molecule has 0 aromatic rings. The number of fused-ring (bicyclic) bond motifs is 1. The lowest BCUT2D eigenvalue weighted by Crippen LogP contribution is -2.15.